The van der Waals surface area contributed by atoms with Gasteiger partial charge in [-0.25, -0.2) is 0 Å². The molecule has 0 atom stereocenters. The first kappa shape index (κ1) is 13.3. The van der Waals surface area contributed by atoms with E-state index >= 15 is 0 Å². The summed E-state index contributed by atoms with van der Waals surface area (Å²) in [5.41, 5.74) is 0.525. The maximum atomic E-state index is 5.37. The molecule has 0 unspecified atom stereocenters. The van der Waals surface area contributed by atoms with Gasteiger partial charge in [0.05, 0.1) is 0 Å². The van der Waals surface area contributed by atoms with Crippen molar-refractivity contribution in [3.63, 3.8) is 0 Å². The van der Waals surface area contributed by atoms with E-state index in [4.69, 9.17) is 4.74 Å². The number of hydrogen-bond acceptors (Lipinski definition) is 3. The third-order valence-electron chi connectivity index (χ3n) is 4.06. The highest BCUT2D eigenvalue weighted by molar-refractivity contribution is 4.80. The van der Waals surface area contributed by atoms with Crippen LogP contribution in [0.5, 0.6) is 0 Å². The highest BCUT2D eigenvalue weighted by Crippen LogP contribution is 2.27. The number of nitrogens with zero attached hydrogens (tertiary/aromatic N) is 1. The fourth-order valence-electron chi connectivity index (χ4n) is 3.06. The van der Waals surface area contributed by atoms with Crippen LogP contribution < -0.4 is 5.32 Å². The average Bonchev–Trinajstić information content (AvgIpc) is 2.29. The van der Waals surface area contributed by atoms with Crippen molar-refractivity contribution in [2.24, 2.45) is 5.41 Å². The van der Waals surface area contributed by atoms with Gasteiger partial charge in [0.25, 0.3) is 0 Å². The molecule has 3 heteroatoms. The number of likely N-dealkylation sites (tertiary alicyclic amines) is 1. The lowest BCUT2D eigenvalue weighted by Gasteiger charge is -2.38. The summed E-state index contributed by atoms with van der Waals surface area (Å²) < 4.78 is 5.37. The number of nitrogens with one attached hydrogen (secondary N) is 1. The predicted molar refractivity (Wildman–Crippen MR) is 71.3 cm³/mol. The first-order valence-electron chi connectivity index (χ1n) is 7.19. The van der Waals surface area contributed by atoms with Gasteiger partial charge in [-0.1, -0.05) is 13.8 Å². The summed E-state index contributed by atoms with van der Waals surface area (Å²) in [5.74, 6) is 0. The Hall–Kier alpha value is -0.120. The summed E-state index contributed by atoms with van der Waals surface area (Å²) in [5, 5.41) is 3.67. The molecule has 2 rings (SSSR count). The largest absolute Gasteiger partial charge is 0.381 e. The molecule has 0 aromatic rings. The van der Waals surface area contributed by atoms with Gasteiger partial charge in [-0.3, -0.25) is 0 Å². The highest BCUT2D eigenvalue weighted by atomic mass is 16.5. The van der Waals surface area contributed by atoms with E-state index in [1.807, 2.05) is 0 Å². The van der Waals surface area contributed by atoms with E-state index in [0.717, 1.165) is 19.8 Å². The molecule has 0 radical (unpaired) electrons. The molecule has 0 bridgehead atoms. The smallest absolute Gasteiger partial charge is 0.0480 e. The van der Waals surface area contributed by atoms with Crippen molar-refractivity contribution < 1.29 is 4.74 Å². The molecule has 0 aromatic carbocycles. The number of piperidine rings is 1. The second kappa shape index (κ2) is 6.17. The van der Waals surface area contributed by atoms with Crippen molar-refractivity contribution in [2.75, 3.05) is 39.4 Å². The lowest BCUT2D eigenvalue weighted by Crippen LogP contribution is -2.45. The van der Waals surface area contributed by atoms with Crippen LogP contribution in [-0.2, 0) is 4.74 Å². The number of hydrogen-bond donors (Lipinski definition) is 1. The first-order chi connectivity index (χ1) is 8.16. The SMILES string of the molecule is CC1(C)CCCN(CCNC2CCOCC2)C1. The normalized spacial score (nSPS) is 27.2. The molecule has 2 saturated heterocycles. The van der Waals surface area contributed by atoms with E-state index in [-0.39, 0.29) is 0 Å². The standard InChI is InChI=1S/C14H28N2O/c1-14(2)6-3-8-16(12-14)9-7-15-13-4-10-17-11-5-13/h13,15H,3-12H2,1-2H3. The Bertz CT molecular complexity index is 224. The Labute approximate surface area is 106 Å². The zero-order valence-electron chi connectivity index (χ0n) is 11.5. The van der Waals surface area contributed by atoms with Crippen LogP contribution in [0.2, 0.25) is 0 Å². The minimum atomic E-state index is 0.525. The molecule has 2 aliphatic rings. The minimum absolute atomic E-state index is 0.525. The Kier molecular flexibility index (Phi) is 4.83. The summed E-state index contributed by atoms with van der Waals surface area (Å²) in [6.07, 6.45) is 5.12. The molecule has 0 aromatic heterocycles. The van der Waals surface area contributed by atoms with Crippen LogP contribution in [0.15, 0.2) is 0 Å². The fourth-order valence-corrected chi connectivity index (χ4v) is 3.06. The van der Waals surface area contributed by atoms with Gasteiger partial charge in [0.2, 0.25) is 0 Å². The Balaban J connectivity index is 1.61. The lowest BCUT2D eigenvalue weighted by molar-refractivity contribution is 0.0748. The van der Waals surface area contributed by atoms with Gasteiger partial charge in [-0.15, -0.1) is 0 Å². The molecule has 2 fully saturated rings. The quantitative estimate of drug-likeness (QED) is 0.812. The molecule has 2 aliphatic heterocycles. The van der Waals surface area contributed by atoms with Gasteiger partial charge in [0.15, 0.2) is 0 Å². The zero-order chi connectivity index (χ0) is 12.1. The molecule has 17 heavy (non-hydrogen) atoms. The molecule has 3 nitrogen and oxygen atoms in total. The summed E-state index contributed by atoms with van der Waals surface area (Å²) >= 11 is 0. The van der Waals surface area contributed by atoms with Crippen molar-refractivity contribution in [3.05, 3.63) is 0 Å². The van der Waals surface area contributed by atoms with E-state index < -0.39 is 0 Å². The van der Waals surface area contributed by atoms with E-state index in [9.17, 15) is 0 Å². The molecular formula is C14H28N2O. The average molecular weight is 240 g/mol. The highest BCUT2D eigenvalue weighted by Gasteiger charge is 2.25. The van der Waals surface area contributed by atoms with Gasteiger partial charge in [0, 0.05) is 38.9 Å². The second-order valence-corrected chi connectivity index (χ2v) is 6.38. The Morgan fingerprint density at radius 1 is 1.29 bits per heavy atom. The Morgan fingerprint density at radius 2 is 2.06 bits per heavy atom. The van der Waals surface area contributed by atoms with E-state index in [1.165, 1.54) is 45.3 Å². The zero-order valence-corrected chi connectivity index (χ0v) is 11.5. The maximum Gasteiger partial charge on any atom is 0.0480 e. The van der Waals surface area contributed by atoms with Gasteiger partial charge in [-0.2, -0.15) is 0 Å². The van der Waals surface area contributed by atoms with Crippen molar-refractivity contribution in [1.82, 2.24) is 10.2 Å². The number of ether oxygens (including phenoxy) is 1. The molecule has 0 amide bonds. The van der Waals surface area contributed by atoms with Gasteiger partial charge in [-0.05, 0) is 37.6 Å². The van der Waals surface area contributed by atoms with Crippen LogP contribution >= 0.6 is 0 Å². The third kappa shape index (κ3) is 4.57. The summed E-state index contributed by atoms with van der Waals surface area (Å²) in [4.78, 5) is 2.62. The van der Waals surface area contributed by atoms with Gasteiger partial charge in [0.1, 0.15) is 0 Å². The van der Waals surface area contributed by atoms with E-state index in [2.05, 4.69) is 24.1 Å². The van der Waals surface area contributed by atoms with Crippen molar-refractivity contribution >= 4 is 0 Å². The van der Waals surface area contributed by atoms with Gasteiger partial charge >= 0.3 is 0 Å². The van der Waals surface area contributed by atoms with Crippen molar-refractivity contribution in [1.29, 1.82) is 0 Å². The molecule has 0 spiro atoms. The van der Waals surface area contributed by atoms with E-state index in [1.54, 1.807) is 0 Å². The summed E-state index contributed by atoms with van der Waals surface area (Å²) in [6, 6.07) is 0.696. The van der Waals surface area contributed by atoms with Crippen molar-refractivity contribution in [2.45, 2.75) is 45.6 Å². The third-order valence-corrected chi connectivity index (χ3v) is 4.06. The molecule has 2 heterocycles. The maximum absolute atomic E-state index is 5.37. The van der Waals surface area contributed by atoms with Crippen LogP contribution in [0.4, 0.5) is 0 Å². The van der Waals surface area contributed by atoms with Crippen LogP contribution in [0.1, 0.15) is 39.5 Å². The molecule has 0 saturated carbocycles. The minimum Gasteiger partial charge on any atom is -0.381 e. The second-order valence-electron chi connectivity index (χ2n) is 6.38. The van der Waals surface area contributed by atoms with Crippen LogP contribution in [0, 0.1) is 5.41 Å². The summed E-state index contributed by atoms with van der Waals surface area (Å²) in [6.45, 7) is 11.6. The first-order valence-corrected chi connectivity index (χ1v) is 7.19. The predicted octanol–water partition coefficient (Wildman–Crippen LogP) is 1.88. The molecular weight excluding hydrogens is 212 g/mol. The monoisotopic (exact) mass is 240 g/mol. The van der Waals surface area contributed by atoms with Crippen LogP contribution in [0.3, 0.4) is 0 Å². The topological polar surface area (TPSA) is 24.5 Å². The van der Waals surface area contributed by atoms with Crippen LogP contribution in [0.25, 0.3) is 0 Å². The summed E-state index contributed by atoms with van der Waals surface area (Å²) in [7, 11) is 0. The number of rotatable bonds is 4. The molecule has 1 N–H and O–H groups in total. The fraction of sp³-hybridized carbons (Fsp3) is 1.00. The van der Waals surface area contributed by atoms with Crippen molar-refractivity contribution in [3.8, 4) is 0 Å². The Morgan fingerprint density at radius 3 is 2.76 bits per heavy atom. The molecule has 0 aliphatic carbocycles. The van der Waals surface area contributed by atoms with Crippen LogP contribution in [-0.4, -0.2) is 50.3 Å². The van der Waals surface area contributed by atoms with Gasteiger partial charge < -0.3 is 15.0 Å². The lowest BCUT2D eigenvalue weighted by atomic mass is 9.84. The van der Waals surface area contributed by atoms with E-state index in [0.29, 0.717) is 11.5 Å². The molecule has 100 valence electrons.